The Hall–Kier alpha value is -3.45. The molecule has 30 heavy (non-hydrogen) atoms. The van der Waals surface area contributed by atoms with Crippen LogP contribution in [-0.4, -0.2) is 46.1 Å². The fourth-order valence-electron chi connectivity index (χ4n) is 3.01. The van der Waals surface area contributed by atoms with Gasteiger partial charge in [0.25, 0.3) is 0 Å². The van der Waals surface area contributed by atoms with Gasteiger partial charge < -0.3 is 15.2 Å². The van der Waals surface area contributed by atoms with Gasteiger partial charge in [0.2, 0.25) is 5.95 Å². The van der Waals surface area contributed by atoms with Gasteiger partial charge in [0.15, 0.2) is 5.75 Å². The van der Waals surface area contributed by atoms with Crippen molar-refractivity contribution < 1.29 is 14.6 Å². The number of hydrogen-bond acceptors (Lipinski definition) is 6. The van der Waals surface area contributed by atoms with Crippen LogP contribution in [0.3, 0.4) is 0 Å². The lowest BCUT2D eigenvalue weighted by molar-refractivity contribution is -0.138. The lowest BCUT2D eigenvalue weighted by Gasteiger charge is -2.22. The molecule has 1 aromatic heterocycles. The van der Waals surface area contributed by atoms with Crippen molar-refractivity contribution in [3.63, 3.8) is 0 Å². The van der Waals surface area contributed by atoms with E-state index < -0.39 is 5.97 Å². The summed E-state index contributed by atoms with van der Waals surface area (Å²) in [6, 6.07) is 17.7. The van der Waals surface area contributed by atoms with E-state index in [1.54, 1.807) is 24.3 Å². The topological polar surface area (TPSA) is 87.6 Å². The zero-order valence-corrected chi connectivity index (χ0v) is 17.2. The SMILES string of the molecule is Cc1ccc(Oc2cnc(NC(CCN(C)CC(=O)O)c3ccccc3)nc2)cc1. The number of carbonyl (C=O) groups is 1. The van der Waals surface area contributed by atoms with E-state index in [1.807, 2.05) is 61.5 Å². The van der Waals surface area contributed by atoms with Gasteiger partial charge >= 0.3 is 5.97 Å². The van der Waals surface area contributed by atoms with Gasteiger partial charge in [-0.3, -0.25) is 9.69 Å². The van der Waals surface area contributed by atoms with E-state index in [4.69, 9.17) is 9.84 Å². The summed E-state index contributed by atoms with van der Waals surface area (Å²) in [5.41, 5.74) is 2.25. The second-order valence-electron chi connectivity index (χ2n) is 7.19. The van der Waals surface area contributed by atoms with Gasteiger partial charge in [-0.2, -0.15) is 0 Å². The van der Waals surface area contributed by atoms with E-state index in [1.165, 1.54) is 5.56 Å². The minimum Gasteiger partial charge on any atom is -0.480 e. The number of aromatic nitrogens is 2. The summed E-state index contributed by atoms with van der Waals surface area (Å²) in [7, 11) is 1.80. The first kappa shape index (κ1) is 21.3. The Labute approximate surface area is 176 Å². The first-order valence-electron chi connectivity index (χ1n) is 9.78. The third-order valence-electron chi connectivity index (χ3n) is 4.59. The van der Waals surface area contributed by atoms with E-state index in [2.05, 4.69) is 15.3 Å². The summed E-state index contributed by atoms with van der Waals surface area (Å²) < 4.78 is 5.78. The summed E-state index contributed by atoms with van der Waals surface area (Å²) in [6.07, 6.45) is 3.97. The molecule has 7 nitrogen and oxygen atoms in total. The molecule has 1 unspecified atom stereocenters. The first-order valence-corrected chi connectivity index (χ1v) is 9.78. The number of aliphatic carboxylic acids is 1. The number of hydrogen-bond donors (Lipinski definition) is 2. The molecule has 0 saturated carbocycles. The number of carboxylic acid groups (broad SMARTS) is 1. The maximum atomic E-state index is 10.9. The first-order chi connectivity index (χ1) is 14.5. The highest BCUT2D eigenvalue weighted by Crippen LogP contribution is 2.23. The number of ether oxygens (including phenoxy) is 1. The minimum atomic E-state index is -0.839. The smallest absolute Gasteiger partial charge is 0.317 e. The molecule has 3 aromatic rings. The van der Waals surface area contributed by atoms with Crippen molar-refractivity contribution >= 4 is 11.9 Å². The summed E-state index contributed by atoms with van der Waals surface area (Å²) in [5, 5.41) is 12.3. The molecule has 3 rings (SSSR count). The van der Waals surface area contributed by atoms with Gasteiger partial charge in [0, 0.05) is 6.54 Å². The number of anilines is 1. The molecule has 1 atom stereocenters. The van der Waals surface area contributed by atoms with Gasteiger partial charge in [0.05, 0.1) is 25.0 Å². The Morgan fingerprint density at radius 1 is 1.07 bits per heavy atom. The van der Waals surface area contributed by atoms with E-state index in [0.717, 1.165) is 11.3 Å². The minimum absolute atomic E-state index is 0.00303. The average Bonchev–Trinajstić information content (AvgIpc) is 2.74. The van der Waals surface area contributed by atoms with E-state index in [9.17, 15) is 4.79 Å². The molecule has 0 radical (unpaired) electrons. The Morgan fingerprint density at radius 3 is 2.37 bits per heavy atom. The number of nitrogens with one attached hydrogen (secondary N) is 1. The number of likely N-dealkylation sites (N-methyl/N-ethyl adjacent to an activating group) is 1. The lowest BCUT2D eigenvalue weighted by atomic mass is 10.0. The van der Waals surface area contributed by atoms with Crippen molar-refractivity contribution in [2.75, 3.05) is 25.5 Å². The Bertz CT molecular complexity index is 931. The zero-order chi connectivity index (χ0) is 21.3. The standard InChI is InChI=1S/C23H26N4O3/c1-17-8-10-19(11-9-17)30-20-14-24-23(25-15-20)26-21(18-6-4-3-5-7-18)12-13-27(2)16-22(28)29/h3-11,14-15,21H,12-13,16H2,1-2H3,(H,28,29)(H,24,25,26). The molecule has 2 N–H and O–H groups in total. The molecule has 0 saturated heterocycles. The monoisotopic (exact) mass is 406 g/mol. The van der Waals surface area contributed by atoms with Gasteiger partial charge in [-0.15, -0.1) is 0 Å². The molecule has 1 heterocycles. The highest BCUT2D eigenvalue weighted by Gasteiger charge is 2.15. The fourth-order valence-corrected chi connectivity index (χ4v) is 3.01. The maximum Gasteiger partial charge on any atom is 0.317 e. The maximum absolute atomic E-state index is 10.9. The molecule has 0 bridgehead atoms. The van der Waals surface area contributed by atoms with Crippen molar-refractivity contribution in [3.05, 3.63) is 78.1 Å². The predicted octanol–water partition coefficient (Wildman–Crippen LogP) is 4.14. The molecule has 7 heteroatoms. The normalized spacial score (nSPS) is 11.8. The lowest BCUT2D eigenvalue weighted by Crippen LogP contribution is -2.28. The van der Waals surface area contributed by atoms with Crippen molar-refractivity contribution in [2.24, 2.45) is 0 Å². The van der Waals surface area contributed by atoms with Crippen molar-refractivity contribution in [1.29, 1.82) is 0 Å². The van der Waals surface area contributed by atoms with Crippen LogP contribution in [0.15, 0.2) is 67.0 Å². The van der Waals surface area contributed by atoms with Crippen LogP contribution in [0, 0.1) is 6.92 Å². The Morgan fingerprint density at radius 2 is 1.73 bits per heavy atom. The van der Waals surface area contributed by atoms with Gasteiger partial charge in [-0.05, 0) is 38.1 Å². The van der Waals surface area contributed by atoms with Gasteiger partial charge in [0.1, 0.15) is 5.75 Å². The second-order valence-corrected chi connectivity index (χ2v) is 7.19. The highest BCUT2D eigenvalue weighted by molar-refractivity contribution is 5.69. The molecular formula is C23H26N4O3. The van der Waals surface area contributed by atoms with Crippen LogP contribution in [0.4, 0.5) is 5.95 Å². The predicted molar refractivity (Wildman–Crippen MR) is 116 cm³/mol. The summed E-state index contributed by atoms with van der Waals surface area (Å²) in [4.78, 5) is 21.4. The van der Waals surface area contributed by atoms with Crippen LogP contribution >= 0.6 is 0 Å². The number of carboxylic acids is 1. The number of aryl methyl sites for hydroxylation is 1. The third kappa shape index (κ3) is 6.56. The number of rotatable bonds is 10. The van der Waals surface area contributed by atoms with E-state index in [0.29, 0.717) is 24.7 Å². The number of benzene rings is 2. The fraction of sp³-hybridized carbons (Fsp3) is 0.261. The molecule has 0 aliphatic heterocycles. The summed E-state index contributed by atoms with van der Waals surface area (Å²) in [6.45, 7) is 2.65. The zero-order valence-electron chi connectivity index (χ0n) is 17.2. The van der Waals surface area contributed by atoms with Gasteiger partial charge in [-0.25, -0.2) is 9.97 Å². The van der Waals surface area contributed by atoms with E-state index >= 15 is 0 Å². The quantitative estimate of drug-likeness (QED) is 0.523. The Balaban J connectivity index is 1.66. The van der Waals surface area contributed by atoms with Crippen LogP contribution in [-0.2, 0) is 4.79 Å². The Kier molecular flexibility index (Phi) is 7.34. The molecule has 2 aromatic carbocycles. The number of nitrogens with zero attached hydrogens (tertiary/aromatic N) is 3. The molecule has 0 spiro atoms. The van der Waals surface area contributed by atoms with E-state index in [-0.39, 0.29) is 12.6 Å². The molecule has 0 aliphatic rings. The van der Waals surface area contributed by atoms with Crippen molar-refractivity contribution in [1.82, 2.24) is 14.9 Å². The molecule has 0 amide bonds. The van der Waals surface area contributed by atoms with Crippen LogP contribution in [0.5, 0.6) is 11.5 Å². The molecule has 156 valence electrons. The van der Waals surface area contributed by atoms with Crippen LogP contribution in [0.1, 0.15) is 23.6 Å². The highest BCUT2D eigenvalue weighted by atomic mass is 16.5. The van der Waals surface area contributed by atoms with Crippen LogP contribution in [0.25, 0.3) is 0 Å². The average molecular weight is 406 g/mol. The van der Waals surface area contributed by atoms with Crippen molar-refractivity contribution in [3.8, 4) is 11.5 Å². The molecular weight excluding hydrogens is 380 g/mol. The summed E-state index contributed by atoms with van der Waals surface area (Å²) >= 11 is 0. The van der Waals surface area contributed by atoms with Crippen molar-refractivity contribution in [2.45, 2.75) is 19.4 Å². The second kappa shape index (κ2) is 10.4. The molecule has 0 fully saturated rings. The van der Waals surface area contributed by atoms with Gasteiger partial charge in [-0.1, -0.05) is 48.0 Å². The van der Waals surface area contributed by atoms with Crippen LogP contribution < -0.4 is 10.1 Å². The molecule has 0 aliphatic carbocycles. The third-order valence-corrected chi connectivity index (χ3v) is 4.59. The summed E-state index contributed by atoms with van der Waals surface area (Å²) in [5.74, 6) is 0.936. The largest absolute Gasteiger partial charge is 0.480 e. The van der Waals surface area contributed by atoms with Crippen LogP contribution in [0.2, 0.25) is 0 Å².